The van der Waals surface area contributed by atoms with Gasteiger partial charge < -0.3 is 10.2 Å². The molecule has 4 nitrogen and oxygen atoms in total. The summed E-state index contributed by atoms with van der Waals surface area (Å²) in [6.45, 7) is 7.91. The van der Waals surface area contributed by atoms with Gasteiger partial charge in [0, 0.05) is 49.7 Å². The topological polar surface area (TPSA) is 46.9 Å². The van der Waals surface area contributed by atoms with Gasteiger partial charge in [-0.15, -0.1) is 11.3 Å². The number of aliphatic hydroxyl groups is 2. The maximum Gasteiger partial charge on any atom is 0.120 e. The van der Waals surface area contributed by atoms with E-state index in [4.69, 9.17) is 0 Å². The first-order chi connectivity index (χ1) is 12.9. The van der Waals surface area contributed by atoms with Crippen molar-refractivity contribution in [1.29, 1.82) is 0 Å². The van der Waals surface area contributed by atoms with Gasteiger partial charge in [-0.1, -0.05) is 31.1 Å². The smallest absolute Gasteiger partial charge is 0.120 e. The molecule has 1 aliphatic carbocycles. The molecule has 1 saturated heterocycles. The van der Waals surface area contributed by atoms with Crippen molar-refractivity contribution in [3.63, 3.8) is 0 Å². The lowest BCUT2D eigenvalue weighted by atomic mass is 9.92. The summed E-state index contributed by atoms with van der Waals surface area (Å²) >= 11 is 1.72. The molecule has 1 aromatic rings. The summed E-state index contributed by atoms with van der Waals surface area (Å²) in [6.07, 6.45) is 7.64. The Morgan fingerprint density at radius 3 is 2.67 bits per heavy atom. The lowest BCUT2D eigenvalue weighted by Crippen LogP contribution is -2.56. The Kier molecular flexibility index (Phi) is 7.35. The molecule has 2 N–H and O–H groups in total. The molecule has 1 saturated carbocycles. The number of hydrogen-bond acceptors (Lipinski definition) is 5. The molecule has 2 fully saturated rings. The minimum Gasteiger partial charge on any atom is -0.396 e. The van der Waals surface area contributed by atoms with Crippen molar-refractivity contribution in [3.05, 3.63) is 21.9 Å². The molecular formula is C22H34N2O2S. The van der Waals surface area contributed by atoms with Crippen LogP contribution in [0.25, 0.3) is 0 Å². The first-order valence-corrected chi connectivity index (χ1v) is 11.2. The van der Waals surface area contributed by atoms with E-state index in [1.165, 1.54) is 37.0 Å². The van der Waals surface area contributed by atoms with Gasteiger partial charge in [0.05, 0.1) is 4.88 Å². The Balaban J connectivity index is 1.58. The normalized spacial score (nSPS) is 23.2. The maximum atomic E-state index is 9.76. The van der Waals surface area contributed by atoms with Crippen LogP contribution in [0.15, 0.2) is 12.1 Å². The van der Waals surface area contributed by atoms with Crippen molar-refractivity contribution >= 4 is 11.3 Å². The second-order valence-electron chi connectivity index (χ2n) is 8.51. The third kappa shape index (κ3) is 6.30. The molecule has 0 bridgehead atoms. The van der Waals surface area contributed by atoms with E-state index in [9.17, 15) is 10.2 Å². The average molecular weight is 391 g/mol. The van der Waals surface area contributed by atoms with Crippen molar-refractivity contribution in [2.24, 2.45) is 0 Å². The highest BCUT2D eigenvalue weighted by Gasteiger charge is 2.32. The van der Waals surface area contributed by atoms with Crippen molar-refractivity contribution < 1.29 is 10.2 Å². The second kappa shape index (κ2) is 9.54. The van der Waals surface area contributed by atoms with Gasteiger partial charge in [0.1, 0.15) is 5.60 Å². The lowest BCUT2D eigenvalue weighted by molar-refractivity contribution is 0.0140. The molecule has 5 heteroatoms. The van der Waals surface area contributed by atoms with E-state index >= 15 is 0 Å². The van der Waals surface area contributed by atoms with Gasteiger partial charge in [-0.2, -0.15) is 0 Å². The Bertz CT molecular complexity index is 649. The monoisotopic (exact) mass is 390 g/mol. The third-order valence-corrected chi connectivity index (χ3v) is 6.64. The van der Waals surface area contributed by atoms with Crippen LogP contribution in [-0.2, 0) is 6.54 Å². The molecule has 2 aliphatic rings. The number of nitrogens with zero attached hydrogens (tertiary/aromatic N) is 2. The SMILES string of the molecule is CC(C)(O)C#Cc1ccc(CN2CCN(C3CCCCC3)[C@@H](CCO)C2)s1. The fourth-order valence-electron chi connectivity index (χ4n) is 4.34. The van der Waals surface area contributed by atoms with Crippen molar-refractivity contribution in [1.82, 2.24) is 9.80 Å². The summed E-state index contributed by atoms with van der Waals surface area (Å²) in [5.74, 6) is 5.97. The van der Waals surface area contributed by atoms with Gasteiger partial charge >= 0.3 is 0 Å². The van der Waals surface area contributed by atoms with Crippen LogP contribution in [-0.4, -0.2) is 63.9 Å². The zero-order valence-electron chi connectivity index (χ0n) is 16.8. The fourth-order valence-corrected chi connectivity index (χ4v) is 5.25. The number of piperazine rings is 1. The largest absolute Gasteiger partial charge is 0.396 e. The van der Waals surface area contributed by atoms with Crippen molar-refractivity contribution in [2.45, 2.75) is 76.6 Å². The highest BCUT2D eigenvalue weighted by atomic mass is 32.1. The quantitative estimate of drug-likeness (QED) is 0.759. The number of thiophene rings is 1. The van der Waals surface area contributed by atoms with Gasteiger partial charge in [0.25, 0.3) is 0 Å². The average Bonchev–Trinajstić information content (AvgIpc) is 3.08. The van der Waals surface area contributed by atoms with Crippen LogP contribution in [0.3, 0.4) is 0 Å². The minimum absolute atomic E-state index is 0.275. The van der Waals surface area contributed by atoms with Crippen LogP contribution in [0, 0.1) is 11.8 Å². The third-order valence-electron chi connectivity index (χ3n) is 5.65. The van der Waals surface area contributed by atoms with Crippen molar-refractivity contribution in [3.8, 4) is 11.8 Å². The Morgan fingerprint density at radius 1 is 1.19 bits per heavy atom. The fraction of sp³-hybridized carbons (Fsp3) is 0.727. The van der Waals surface area contributed by atoms with Gasteiger partial charge in [-0.3, -0.25) is 9.80 Å². The molecule has 150 valence electrons. The predicted octanol–water partition coefficient (Wildman–Crippen LogP) is 3.07. The van der Waals surface area contributed by atoms with Crippen LogP contribution in [0.5, 0.6) is 0 Å². The van der Waals surface area contributed by atoms with Crippen LogP contribution in [0.1, 0.15) is 62.1 Å². The molecule has 0 unspecified atom stereocenters. The number of hydrogen-bond donors (Lipinski definition) is 2. The number of rotatable bonds is 5. The first kappa shape index (κ1) is 20.8. The molecular weight excluding hydrogens is 356 g/mol. The van der Waals surface area contributed by atoms with Crippen LogP contribution in [0.4, 0.5) is 0 Å². The molecule has 3 rings (SSSR count). The van der Waals surface area contributed by atoms with Crippen LogP contribution < -0.4 is 0 Å². The second-order valence-corrected chi connectivity index (χ2v) is 9.67. The maximum absolute atomic E-state index is 9.76. The van der Waals surface area contributed by atoms with Gasteiger partial charge in [-0.25, -0.2) is 0 Å². The summed E-state index contributed by atoms with van der Waals surface area (Å²) < 4.78 is 0. The van der Waals surface area contributed by atoms with E-state index < -0.39 is 5.60 Å². The molecule has 1 aliphatic heterocycles. The van der Waals surface area contributed by atoms with Gasteiger partial charge in [-0.05, 0) is 45.2 Å². The molecule has 0 spiro atoms. The summed E-state index contributed by atoms with van der Waals surface area (Å²) in [6, 6.07) is 5.42. The number of aliphatic hydroxyl groups excluding tert-OH is 1. The van der Waals surface area contributed by atoms with Crippen LogP contribution in [0.2, 0.25) is 0 Å². The van der Waals surface area contributed by atoms with Gasteiger partial charge in [0.15, 0.2) is 0 Å². The van der Waals surface area contributed by atoms with Crippen molar-refractivity contribution in [2.75, 3.05) is 26.2 Å². The van der Waals surface area contributed by atoms with E-state index in [0.29, 0.717) is 6.04 Å². The summed E-state index contributed by atoms with van der Waals surface area (Å²) in [5, 5.41) is 19.3. The predicted molar refractivity (Wildman–Crippen MR) is 112 cm³/mol. The lowest BCUT2D eigenvalue weighted by Gasteiger charge is -2.46. The van der Waals surface area contributed by atoms with E-state index in [1.807, 2.05) is 0 Å². The van der Waals surface area contributed by atoms with Gasteiger partial charge in [0.2, 0.25) is 0 Å². The summed E-state index contributed by atoms with van der Waals surface area (Å²) in [7, 11) is 0. The first-order valence-electron chi connectivity index (χ1n) is 10.4. The Labute approximate surface area is 168 Å². The molecule has 1 atom stereocenters. The standard InChI is InChI=1S/C22H34N2O2S/c1-22(2,26)12-10-20-8-9-21(27-20)17-23-13-14-24(19(16-23)11-15-25)18-6-4-3-5-7-18/h8-9,18-19,25-26H,3-7,11,13-17H2,1-2H3/t19-/m0/s1. The minimum atomic E-state index is -0.947. The van der Waals surface area contributed by atoms with E-state index in [1.54, 1.807) is 25.2 Å². The molecule has 2 heterocycles. The van der Waals surface area contributed by atoms with E-state index in [-0.39, 0.29) is 6.61 Å². The molecule has 27 heavy (non-hydrogen) atoms. The Morgan fingerprint density at radius 2 is 1.96 bits per heavy atom. The highest BCUT2D eigenvalue weighted by molar-refractivity contribution is 7.12. The van der Waals surface area contributed by atoms with Crippen LogP contribution >= 0.6 is 11.3 Å². The summed E-state index contributed by atoms with van der Waals surface area (Å²) in [4.78, 5) is 7.56. The Hall–Kier alpha value is -0.900. The molecule has 0 amide bonds. The summed E-state index contributed by atoms with van der Waals surface area (Å²) in [5.41, 5.74) is -0.947. The van der Waals surface area contributed by atoms with E-state index in [2.05, 4.69) is 33.8 Å². The zero-order chi connectivity index (χ0) is 19.3. The highest BCUT2D eigenvalue weighted by Crippen LogP contribution is 2.28. The molecule has 0 aromatic carbocycles. The molecule has 0 radical (unpaired) electrons. The molecule has 1 aromatic heterocycles. The zero-order valence-corrected chi connectivity index (χ0v) is 17.6. The van der Waals surface area contributed by atoms with E-state index in [0.717, 1.165) is 43.5 Å².